The molecule has 3 amide bonds. The van der Waals surface area contributed by atoms with Crippen molar-refractivity contribution in [3.63, 3.8) is 0 Å². The van der Waals surface area contributed by atoms with Gasteiger partial charge >= 0.3 is 0 Å². The van der Waals surface area contributed by atoms with E-state index < -0.39 is 6.04 Å². The first-order chi connectivity index (χ1) is 11.9. The molecule has 2 heterocycles. The van der Waals surface area contributed by atoms with Crippen molar-refractivity contribution >= 4 is 17.7 Å². The van der Waals surface area contributed by atoms with Crippen LogP contribution in [0.3, 0.4) is 0 Å². The third-order valence-corrected chi connectivity index (χ3v) is 5.30. The monoisotopic (exact) mass is 352 g/mol. The molecular formula is C18H32N4O3. The number of piperidine rings is 2. The number of likely N-dealkylation sites (tertiary alicyclic amines) is 2. The van der Waals surface area contributed by atoms with E-state index in [1.807, 2.05) is 18.7 Å². The largest absolute Gasteiger partial charge is 0.346 e. The maximum Gasteiger partial charge on any atom is 0.241 e. The lowest BCUT2D eigenvalue weighted by Crippen LogP contribution is -2.49. The average molecular weight is 352 g/mol. The molecule has 0 aromatic heterocycles. The van der Waals surface area contributed by atoms with Gasteiger partial charge in [0, 0.05) is 32.6 Å². The minimum atomic E-state index is -0.583. The van der Waals surface area contributed by atoms with Crippen molar-refractivity contribution in [2.45, 2.75) is 52.0 Å². The molecule has 0 spiro atoms. The Labute approximate surface area is 150 Å². The second-order valence-corrected chi connectivity index (χ2v) is 7.61. The maximum absolute atomic E-state index is 12.2. The lowest BCUT2D eigenvalue weighted by molar-refractivity contribution is -0.136. The van der Waals surface area contributed by atoms with Gasteiger partial charge in [0.15, 0.2) is 0 Å². The van der Waals surface area contributed by atoms with Crippen LogP contribution in [0.2, 0.25) is 0 Å². The Morgan fingerprint density at radius 3 is 2.48 bits per heavy atom. The van der Waals surface area contributed by atoms with Crippen LogP contribution in [0.4, 0.5) is 0 Å². The van der Waals surface area contributed by atoms with E-state index in [1.165, 1.54) is 0 Å². The summed E-state index contributed by atoms with van der Waals surface area (Å²) in [6.45, 7) is 6.85. The highest BCUT2D eigenvalue weighted by Gasteiger charge is 2.27. The molecule has 3 N–H and O–H groups in total. The second kappa shape index (κ2) is 9.17. The molecule has 0 aromatic rings. The predicted octanol–water partition coefficient (Wildman–Crippen LogP) is 0.337. The minimum absolute atomic E-state index is 0.00846. The van der Waals surface area contributed by atoms with Gasteiger partial charge < -0.3 is 20.9 Å². The van der Waals surface area contributed by atoms with Crippen LogP contribution < -0.4 is 11.1 Å². The van der Waals surface area contributed by atoms with Crippen LogP contribution >= 0.6 is 0 Å². The number of amides is 3. The SMILES string of the molecule is CC(C)[C@H](N)C(=O)NCC(=O)N1CCC(CN2CCCCC2=O)CC1. The summed E-state index contributed by atoms with van der Waals surface area (Å²) in [4.78, 5) is 39.8. The Morgan fingerprint density at radius 2 is 1.88 bits per heavy atom. The zero-order valence-corrected chi connectivity index (χ0v) is 15.5. The molecule has 2 fully saturated rings. The van der Waals surface area contributed by atoms with E-state index in [0.29, 0.717) is 25.4 Å². The molecule has 0 unspecified atom stereocenters. The standard InChI is InChI=1S/C18H32N4O3/c1-13(2)17(19)18(25)20-11-16(24)21-9-6-14(7-10-21)12-22-8-4-3-5-15(22)23/h13-14,17H,3-12,19H2,1-2H3,(H,20,25)/t17-/m0/s1. The van der Waals surface area contributed by atoms with Gasteiger partial charge in [-0.25, -0.2) is 0 Å². The van der Waals surface area contributed by atoms with Crippen LogP contribution in [0, 0.1) is 11.8 Å². The zero-order valence-electron chi connectivity index (χ0n) is 15.5. The van der Waals surface area contributed by atoms with E-state index in [0.717, 1.165) is 38.8 Å². The van der Waals surface area contributed by atoms with Gasteiger partial charge in [-0.05, 0) is 37.5 Å². The van der Waals surface area contributed by atoms with Crippen molar-refractivity contribution in [2.75, 3.05) is 32.7 Å². The molecule has 0 bridgehead atoms. The highest BCUT2D eigenvalue weighted by molar-refractivity contribution is 5.87. The Bertz CT molecular complexity index is 487. The molecule has 25 heavy (non-hydrogen) atoms. The smallest absolute Gasteiger partial charge is 0.241 e. The summed E-state index contributed by atoms with van der Waals surface area (Å²) in [5.74, 6) is 0.450. The lowest BCUT2D eigenvalue weighted by atomic mass is 9.95. The number of carbonyl (C=O) groups excluding carboxylic acids is 3. The Kier molecular flexibility index (Phi) is 7.23. The van der Waals surface area contributed by atoms with Crippen LogP contribution in [0.5, 0.6) is 0 Å². The summed E-state index contributed by atoms with van der Waals surface area (Å²) in [7, 11) is 0. The molecular weight excluding hydrogens is 320 g/mol. The van der Waals surface area contributed by atoms with Crippen molar-refractivity contribution in [2.24, 2.45) is 17.6 Å². The van der Waals surface area contributed by atoms with Crippen LogP contribution in [0.15, 0.2) is 0 Å². The van der Waals surface area contributed by atoms with Crippen LogP contribution in [-0.2, 0) is 14.4 Å². The van der Waals surface area contributed by atoms with E-state index in [4.69, 9.17) is 5.73 Å². The van der Waals surface area contributed by atoms with Gasteiger partial charge in [-0.15, -0.1) is 0 Å². The summed E-state index contributed by atoms with van der Waals surface area (Å²) in [5.41, 5.74) is 5.77. The van der Waals surface area contributed by atoms with Crippen molar-refractivity contribution in [3.8, 4) is 0 Å². The van der Waals surface area contributed by atoms with Gasteiger partial charge in [-0.3, -0.25) is 14.4 Å². The quantitative estimate of drug-likeness (QED) is 0.720. The van der Waals surface area contributed by atoms with Gasteiger partial charge in [-0.2, -0.15) is 0 Å². The summed E-state index contributed by atoms with van der Waals surface area (Å²) in [6, 6.07) is -0.583. The number of hydrogen-bond donors (Lipinski definition) is 2. The summed E-state index contributed by atoms with van der Waals surface area (Å²) < 4.78 is 0. The first kappa shape index (κ1) is 19.7. The second-order valence-electron chi connectivity index (χ2n) is 7.61. The van der Waals surface area contributed by atoms with Crippen molar-refractivity contribution in [1.82, 2.24) is 15.1 Å². The summed E-state index contributed by atoms with van der Waals surface area (Å²) in [5, 5.41) is 2.64. The van der Waals surface area contributed by atoms with E-state index in [1.54, 1.807) is 4.90 Å². The Hall–Kier alpha value is -1.63. The van der Waals surface area contributed by atoms with Crippen LogP contribution in [0.1, 0.15) is 46.0 Å². The van der Waals surface area contributed by atoms with Crippen LogP contribution in [0.25, 0.3) is 0 Å². The van der Waals surface area contributed by atoms with E-state index >= 15 is 0 Å². The fourth-order valence-corrected chi connectivity index (χ4v) is 3.43. The van der Waals surface area contributed by atoms with Gasteiger partial charge in [0.25, 0.3) is 0 Å². The Balaban J connectivity index is 1.69. The summed E-state index contributed by atoms with van der Waals surface area (Å²) in [6.07, 6.45) is 4.61. The number of hydrogen-bond acceptors (Lipinski definition) is 4. The predicted molar refractivity (Wildman–Crippen MR) is 95.6 cm³/mol. The Morgan fingerprint density at radius 1 is 1.20 bits per heavy atom. The molecule has 2 aliphatic rings. The maximum atomic E-state index is 12.2. The molecule has 7 nitrogen and oxygen atoms in total. The molecule has 0 aliphatic carbocycles. The van der Waals surface area contributed by atoms with Crippen molar-refractivity contribution in [3.05, 3.63) is 0 Å². The van der Waals surface area contributed by atoms with Crippen molar-refractivity contribution in [1.29, 1.82) is 0 Å². The third kappa shape index (κ3) is 5.70. The average Bonchev–Trinajstić information content (AvgIpc) is 2.61. The molecule has 2 saturated heterocycles. The van der Waals surface area contributed by atoms with E-state index in [9.17, 15) is 14.4 Å². The molecule has 2 aliphatic heterocycles. The third-order valence-electron chi connectivity index (χ3n) is 5.30. The topological polar surface area (TPSA) is 95.7 Å². The number of nitrogens with one attached hydrogen (secondary N) is 1. The lowest BCUT2D eigenvalue weighted by Gasteiger charge is -2.36. The zero-order chi connectivity index (χ0) is 18.4. The fourth-order valence-electron chi connectivity index (χ4n) is 3.43. The van der Waals surface area contributed by atoms with Gasteiger partial charge in [0.05, 0.1) is 12.6 Å². The van der Waals surface area contributed by atoms with Crippen LogP contribution in [-0.4, -0.2) is 66.3 Å². The first-order valence-electron chi connectivity index (χ1n) is 9.47. The first-order valence-corrected chi connectivity index (χ1v) is 9.47. The molecule has 7 heteroatoms. The van der Waals surface area contributed by atoms with Gasteiger partial charge in [0.2, 0.25) is 17.7 Å². The van der Waals surface area contributed by atoms with E-state index in [2.05, 4.69) is 5.32 Å². The number of rotatable bonds is 6. The highest BCUT2D eigenvalue weighted by atomic mass is 16.2. The normalized spacial score (nSPS) is 20.7. The molecule has 0 aromatic carbocycles. The number of carbonyl (C=O) groups is 3. The molecule has 0 saturated carbocycles. The number of nitrogens with two attached hydrogens (primary N) is 1. The number of nitrogens with zero attached hydrogens (tertiary/aromatic N) is 2. The molecule has 142 valence electrons. The minimum Gasteiger partial charge on any atom is -0.346 e. The van der Waals surface area contributed by atoms with Gasteiger partial charge in [0.1, 0.15) is 0 Å². The summed E-state index contributed by atoms with van der Waals surface area (Å²) >= 11 is 0. The van der Waals surface area contributed by atoms with Crippen molar-refractivity contribution < 1.29 is 14.4 Å². The molecule has 1 atom stereocenters. The van der Waals surface area contributed by atoms with E-state index in [-0.39, 0.29) is 30.2 Å². The fraction of sp³-hybridized carbons (Fsp3) is 0.833. The van der Waals surface area contributed by atoms with Gasteiger partial charge in [-0.1, -0.05) is 13.8 Å². The molecule has 2 rings (SSSR count). The molecule has 0 radical (unpaired) electrons. The highest BCUT2D eigenvalue weighted by Crippen LogP contribution is 2.21.